The van der Waals surface area contributed by atoms with Gasteiger partial charge in [-0.05, 0) is 38.9 Å². The molecule has 3 aliphatic rings. The smallest absolute Gasteiger partial charge is 0.236 e. The van der Waals surface area contributed by atoms with Crippen LogP contribution < -0.4 is 9.64 Å². The molecule has 2 saturated heterocycles. The fourth-order valence-corrected chi connectivity index (χ4v) is 4.94. The number of rotatable bonds is 7. The second-order valence-corrected chi connectivity index (χ2v) is 9.21. The van der Waals surface area contributed by atoms with Gasteiger partial charge in [0.1, 0.15) is 11.6 Å². The Morgan fingerprint density at radius 2 is 1.61 bits per heavy atom. The van der Waals surface area contributed by atoms with Gasteiger partial charge in [-0.1, -0.05) is 12.2 Å². The minimum atomic E-state index is -1.04. The molecule has 0 radical (unpaired) electrons. The van der Waals surface area contributed by atoms with Gasteiger partial charge in [0.25, 0.3) is 0 Å². The molecule has 180 valence electrons. The van der Waals surface area contributed by atoms with Gasteiger partial charge in [-0.25, -0.2) is 4.39 Å². The van der Waals surface area contributed by atoms with E-state index >= 15 is 0 Å². The monoisotopic (exact) mass is 461 g/mol. The van der Waals surface area contributed by atoms with Gasteiger partial charge in [0.2, 0.25) is 11.8 Å². The lowest BCUT2D eigenvalue weighted by atomic mass is 9.81. The number of nitrogens with zero attached hydrogens (tertiary/aromatic N) is 3. The van der Waals surface area contributed by atoms with Crippen molar-refractivity contribution in [3.63, 3.8) is 0 Å². The van der Waals surface area contributed by atoms with Gasteiger partial charge >= 0.3 is 0 Å². The van der Waals surface area contributed by atoms with E-state index in [1.54, 1.807) is 6.07 Å². The molecule has 0 spiro atoms. The number of benzene rings is 1. The maximum Gasteiger partial charge on any atom is 0.236 e. The molecule has 4 rings (SSSR count). The lowest BCUT2D eigenvalue weighted by molar-refractivity contribution is -0.140. The van der Waals surface area contributed by atoms with Crippen LogP contribution in [0.5, 0.6) is 5.75 Å². The molecular formula is C24H32FN3O5. The van der Waals surface area contributed by atoms with Crippen molar-refractivity contribution in [3.8, 4) is 5.75 Å². The molecule has 0 aromatic heterocycles. The van der Waals surface area contributed by atoms with Crippen LogP contribution in [-0.4, -0.2) is 89.4 Å². The van der Waals surface area contributed by atoms with Crippen molar-refractivity contribution in [1.29, 1.82) is 0 Å². The molecule has 33 heavy (non-hydrogen) atoms. The molecule has 2 heterocycles. The van der Waals surface area contributed by atoms with E-state index in [2.05, 4.69) is 9.80 Å². The second kappa shape index (κ2) is 9.79. The van der Waals surface area contributed by atoms with E-state index in [9.17, 15) is 24.2 Å². The van der Waals surface area contributed by atoms with Gasteiger partial charge < -0.3 is 19.8 Å². The number of halogens is 1. The zero-order valence-electron chi connectivity index (χ0n) is 19.1. The molecule has 2 N–H and O–H groups in total. The summed E-state index contributed by atoms with van der Waals surface area (Å²) in [5.74, 6) is -2.23. The third-order valence-electron chi connectivity index (χ3n) is 6.58. The number of aliphatic hydroxyl groups excluding tert-OH is 2. The van der Waals surface area contributed by atoms with Gasteiger partial charge in [-0.2, -0.15) is 0 Å². The number of anilines is 1. The van der Waals surface area contributed by atoms with Gasteiger partial charge in [0.15, 0.2) is 0 Å². The van der Waals surface area contributed by atoms with Crippen LogP contribution in [-0.2, 0) is 9.59 Å². The summed E-state index contributed by atoms with van der Waals surface area (Å²) in [4.78, 5) is 30.9. The Kier molecular flexibility index (Phi) is 7.02. The van der Waals surface area contributed by atoms with Gasteiger partial charge in [0.05, 0.1) is 35.8 Å². The Morgan fingerprint density at radius 1 is 1.00 bits per heavy atom. The van der Waals surface area contributed by atoms with Gasteiger partial charge in [-0.15, -0.1) is 0 Å². The maximum atomic E-state index is 13.9. The summed E-state index contributed by atoms with van der Waals surface area (Å²) >= 11 is 0. The van der Waals surface area contributed by atoms with Crippen LogP contribution in [0.4, 0.5) is 10.1 Å². The molecule has 2 amide bonds. The van der Waals surface area contributed by atoms with E-state index in [0.717, 1.165) is 18.8 Å². The molecule has 1 aromatic rings. The van der Waals surface area contributed by atoms with Crippen LogP contribution in [0.3, 0.4) is 0 Å². The summed E-state index contributed by atoms with van der Waals surface area (Å²) in [5.41, 5.74) is 0.755. The first-order chi connectivity index (χ1) is 15.8. The predicted molar refractivity (Wildman–Crippen MR) is 120 cm³/mol. The Balaban J connectivity index is 1.28. The minimum Gasteiger partial charge on any atom is -0.489 e. The van der Waals surface area contributed by atoms with Crippen molar-refractivity contribution in [2.24, 2.45) is 11.8 Å². The third-order valence-corrected chi connectivity index (χ3v) is 6.58. The van der Waals surface area contributed by atoms with Crippen LogP contribution >= 0.6 is 0 Å². The highest BCUT2D eigenvalue weighted by atomic mass is 19.1. The topological polar surface area (TPSA) is 93.6 Å². The summed E-state index contributed by atoms with van der Waals surface area (Å²) in [7, 11) is 0. The van der Waals surface area contributed by atoms with E-state index in [1.165, 1.54) is 29.2 Å². The van der Waals surface area contributed by atoms with E-state index in [1.807, 2.05) is 13.8 Å². The summed E-state index contributed by atoms with van der Waals surface area (Å²) in [6, 6.07) is 4.58. The molecule has 1 aliphatic carbocycles. The minimum absolute atomic E-state index is 0.00616. The Morgan fingerprint density at radius 3 is 2.18 bits per heavy atom. The molecule has 1 aromatic carbocycles. The highest BCUT2D eigenvalue weighted by Crippen LogP contribution is 2.36. The van der Waals surface area contributed by atoms with Gasteiger partial charge in [-0.3, -0.25) is 19.4 Å². The third kappa shape index (κ3) is 4.90. The molecule has 2 fully saturated rings. The quantitative estimate of drug-likeness (QED) is 0.463. The first-order valence-corrected chi connectivity index (χ1v) is 11.6. The van der Waals surface area contributed by atoms with E-state index in [-0.39, 0.29) is 18.5 Å². The standard InChI is InChI=1S/C24H32FN3O5/c1-15(2)33-20-7-4-16(25)14-17(20)27-12-10-26(11-13-27)8-3-9-28-23(31)21-18(29)5-6-19(30)22(21)24(28)32/h4-7,14-15,18-19,21-22,29-30H,3,8-13H2,1-2H3. The SMILES string of the molecule is CC(C)Oc1ccc(F)cc1N1CCN(CCCN2C(=O)C3C(O)C=CC(O)C3C2=O)CC1. The molecule has 9 heteroatoms. The summed E-state index contributed by atoms with van der Waals surface area (Å²) in [6.07, 6.45) is 1.29. The molecule has 4 atom stereocenters. The molecule has 2 aliphatic heterocycles. The average Bonchev–Trinajstić information content (AvgIpc) is 3.04. The van der Waals surface area contributed by atoms with Crippen LogP contribution in [0.1, 0.15) is 20.3 Å². The number of imide groups is 1. The molecule has 8 nitrogen and oxygen atoms in total. The van der Waals surface area contributed by atoms with Crippen molar-refractivity contribution in [2.45, 2.75) is 38.6 Å². The Hall–Kier alpha value is -2.49. The zero-order chi connectivity index (χ0) is 23.7. The summed E-state index contributed by atoms with van der Waals surface area (Å²) in [5, 5.41) is 20.2. The van der Waals surface area contributed by atoms with Crippen molar-refractivity contribution in [1.82, 2.24) is 9.80 Å². The van der Waals surface area contributed by atoms with Crippen molar-refractivity contribution in [2.75, 3.05) is 44.2 Å². The highest BCUT2D eigenvalue weighted by molar-refractivity contribution is 6.06. The number of ether oxygens (including phenoxy) is 1. The number of carbonyl (C=O) groups is 2. The normalized spacial score (nSPS) is 28.1. The fourth-order valence-electron chi connectivity index (χ4n) is 4.94. The Labute approximate surface area is 193 Å². The first kappa shape index (κ1) is 23.7. The predicted octanol–water partition coefficient (Wildman–Crippen LogP) is 1.02. The first-order valence-electron chi connectivity index (χ1n) is 11.6. The Bertz CT molecular complexity index is 885. The number of hydrogen-bond donors (Lipinski definition) is 2. The van der Waals surface area contributed by atoms with Crippen molar-refractivity contribution >= 4 is 17.5 Å². The number of piperazine rings is 1. The number of hydrogen-bond acceptors (Lipinski definition) is 7. The summed E-state index contributed by atoms with van der Waals surface area (Å²) < 4.78 is 19.7. The average molecular weight is 462 g/mol. The molecular weight excluding hydrogens is 429 g/mol. The van der Waals surface area contributed by atoms with E-state index in [4.69, 9.17) is 4.74 Å². The number of aliphatic hydroxyl groups is 2. The number of likely N-dealkylation sites (tertiary alicyclic amines) is 1. The van der Waals surface area contributed by atoms with E-state index < -0.39 is 35.9 Å². The van der Waals surface area contributed by atoms with Crippen molar-refractivity contribution in [3.05, 3.63) is 36.2 Å². The highest BCUT2D eigenvalue weighted by Gasteiger charge is 2.53. The largest absolute Gasteiger partial charge is 0.489 e. The maximum absolute atomic E-state index is 13.9. The second-order valence-electron chi connectivity index (χ2n) is 9.21. The lowest BCUT2D eigenvalue weighted by Crippen LogP contribution is -2.47. The number of amides is 2. The molecule has 4 unspecified atom stereocenters. The zero-order valence-corrected chi connectivity index (χ0v) is 19.1. The summed E-state index contributed by atoms with van der Waals surface area (Å²) in [6.45, 7) is 7.82. The van der Waals surface area contributed by atoms with Crippen molar-refractivity contribution < 1.29 is 28.9 Å². The van der Waals surface area contributed by atoms with Crippen LogP contribution in [0.25, 0.3) is 0 Å². The van der Waals surface area contributed by atoms with Crippen LogP contribution in [0.2, 0.25) is 0 Å². The van der Waals surface area contributed by atoms with Crippen LogP contribution in [0.15, 0.2) is 30.4 Å². The lowest BCUT2D eigenvalue weighted by Gasteiger charge is -2.37. The molecule has 0 bridgehead atoms. The van der Waals surface area contributed by atoms with E-state index in [0.29, 0.717) is 31.8 Å². The number of carbonyl (C=O) groups excluding carboxylic acids is 2. The van der Waals surface area contributed by atoms with Crippen LogP contribution in [0, 0.1) is 17.7 Å². The molecule has 0 saturated carbocycles. The van der Waals surface area contributed by atoms with Gasteiger partial charge in [0, 0.05) is 38.8 Å². The fraction of sp³-hybridized carbons (Fsp3) is 0.583. The number of fused-ring (bicyclic) bond motifs is 1.